The van der Waals surface area contributed by atoms with Gasteiger partial charge in [0.2, 0.25) is 0 Å². The van der Waals surface area contributed by atoms with Crippen molar-refractivity contribution in [2.75, 3.05) is 7.05 Å². The number of aromatic nitrogens is 1. The largest absolute Gasteiger partial charge is 0.313 e. The Balaban J connectivity index is 2.03. The number of hydrogen-bond donors (Lipinski definition) is 1. The van der Waals surface area contributed by atoms with E-state index in [0.717, 1.165) is 27.1 Å². The Morgan fingerprint density at radius 3 is 2.62 bits per heavy atom. The molecule has 8 heteroatoms. The van der Waals surface area contributed by atoms with Gasteiger partial charge in [-0.15, -0.1) is 0 Å². The second kappa shape index (κ2) is 7.43. The van der Waals surface area contributed by atoms with Crippen molar-refractivity contribution in [1.29, 1.82) is 0 Å². The average molecular weight is 453 g/mol. The molecule has 4 nitrogen and oxygen atoms in total. The van der Waals surface area contributed by atoms with Crippen molar-refractivity contribution in [2.45, 2.75) is 30.7 Å². The molecule has 0 aliphatic heterocycles. The Morgan fingerprint density at radius 2 is 1.93 bits per heavy atom. The maximum atomic E-state index is 14.9. The van der Waals surface area contributed by atoms with E-state index in [1.54, 1.807) is 25.3 Å². The van der Waals surface area contributed by atoms with Crippen LogP contribution in [-0.2, 0) is 16.4 Å². The van der Waals surface area contributed by atoms with Gasteiger partial charge in [0.1, 0.15) is 10.7 Å². The summed E-state index contributed by atoms with van der Waals surface area (Å²) in [5.41, 5.74) is 3.02. The molecule has 1 aromatic heterocycles. The van der Waals surface area contributed by atoms with Crippen molar-refractivity contribution in [3.63, 3.8) is 0 Å². The van der Waals surface area contributed by atoms with Crippen LogP contribution in [0, 0.1) is 12.7 Å². The predicted molar refractivity (Wildman–Crippen MR) is 114 cm³/mol. The monoisotopic (exact) mass is 452 g/mol. The zero-order chi connectivity index (χ0) is 20.9. The summed E-state index contributed by atoms with van der Waals surface area (Å²) in [6, 6.07) is 9.08. The van der Waals surface area contributed by atoms with Gasteiger partial charge in [-0.1, -0.05) is 29.3 Å². The molecule has 0 saturated heterocycles. The van der Waals surface area contributed by atoms with Crippen molar-refractivity contribution in [3.8, 4) is 11.3 Å². The Morgan fingerprint density at radius 1 is 1.17 bits per heavy atom. The van der Waals surface area contributed by atoms with Crippen LogP contribution >= 0.6 is 23.2 Å². The second-order valence-electron chi connectivity index (χ2n) is 7.15. The van der Waals surface area contributed by atoms with E-state index in [2.05, 4.69) is 5.32 Å². The van der Waals surface area contributed by atoms with Crippen LogP contribution < -0.4 is 5.32 Å². The van der Waals surface area contributed by atoms with E-state index in [9.17, 15) is 12.8 Å². The summed E-state index contributed by atoms with van der Waals surface area (Å²) in [5.74, 6) is -0.465. The fourth-order valence-electron chi connectivity index (χ4n) is 3.91. The molecule has 1 unspecified atom stereocenters. The summed E-state index contributed by atoms with van der Waals surface area (Å²) in [6.07, 6.45) is 3.04. The van der Waals surface area contributed by atoms with Gasteiger partial charge in [-0.25, -0.2) is 16.8 Å². The Labute approximate surface area is 179 Å². The number of nitrogens with zero attached hydrogens (tertiary/aromatic N) is 1. The van der Waals surface area contributed by atoms with Gasteiger partial charge in [0.15, 0.2) is 0 Å². The second-order valence-corrected chi connectivity index (χ2v) is 9.78. The summed E-state index contributed by atoms with van der Waals surface area (Å²) in [7, 11) is -2.28. The number of halogens is 3. The summed E-state index contributed by atoms with van der Waals surface area (Å²) in [5, 5.41) is 3.51. The highest BCUT2D eigenvalue weighted by Crippen LogP contribution is 2.42. The van der Waals surface area contributed by atoms with E-state index in [-0.39, 0.29) is 26.5 Å². The van der Waals surface area contributed by atoms with E-state index in [0.29, 0.717) is 12.1 Å². The molecular weight excluding hydrogens is 434 g/mol. The van der Waals surface area contributed by atoms with Gasteiger partial charge in [-0.3, -0.25) is 0 Å². The van der Waals surface area contributed by atoms with Crippen LogP contribution in [0.1, 0.15) is 29.2 Å². The maximum absolute atomic E-state index is 14.9. The van der Waals surface area contributed by atoms with Crippen LogP contribution in [0.2, 0.25) is 10.0 Å². The first kappa shape index (κ1) is 20.4. The molecule has 1 heterocycles. The minimum Gasteiger partial charge on any atom is -0.313 e. The number of nitrogens with one attached hydrogen (secondary N) is 1. The lowest BCUT2D eigenvalue weighted by molar-refractivity contribution is 0.578. The van der Waals surface area contributed by atoms with E-state index in [1.807, 2.05) is 7.05 Å². The first-order valence-electron chi connectivity index (χ1n) is 9.12. The van der Waals surface area contributed by atoms with Crippen molar-refractivity contribution in [1.82, 2.24) is 9.29 Å². The number of hydrogen-bond acceptors (Lipinski definition) is 3. The molecule has 2 aromatic carbocycles. The third-order valence-corrected chi connectivity index (χ3v) is 7.70. The summed E-state index contributed by atoms with van der Waals surface area (Å²) in [4.78, 5) is -0.116. The highest BCUT2D eigenvalue weighted by Gasteiger charge is 2.34. The molecule has 4 rings (SSSR count). The van der Waals surface area contributed by atoms with Crippen LogP contribution in [0.25, 0.3) is 11.3 Å². The molecule has 0 fully saturated rings. The number of aryl methyl sites for hydroxylation is 1. The zero-order valence-corrected chi connectivity index (χ0v) is 18.2. The maximum Gasteiger partial charge on any atom is 0.269 e. The van der Waals surface area contributed by atoms with Crippen LogP contribution in [0.15, 0.2) is 47.5 Å². The first-order chi connectivity index (χ1) is 13.7. The molecule has 0 bridgehead atoms. The molecule has 0 amide bonds. The third-order valence-electron chi connectivity index (χ3n) is 5.33. The van der Waals surface area contributed by atoms with E-state index in [4.69, 9.17) is 23.2 Å². The lowest BCUT2D eigenvalue weighted by atomic mass is 10.0. The SMILES string of the molecule is CNC1CCc2c1cn(S(=O)(=O)c1cc(Cl)ccc1Cl)c2-c1ccc(C)cc1F. The minimum atomic E-state index is -4.10. The van der Waals surface area contributed by atoms with Gasteiger partial charge in [0.05, 0.1) is 10.7 Å². The van der Waals surface area contributed by atoms with Gasteiger partial charge in [0, 0.05) is 22.8 Å². The van der Waals surface area contributed by atoms with E-state index < -0.39 is 15.8 Å². The topological polar surface area (TPSA) is 51.1 Å². The van der Waals surface area contributed by atoms with Crippen LogP contribution in [0.3, 0.4) is 0 Å². The van der Waals surface area contributed by atoms with Crippen LogP contribution in [0.5, 0.6) is 0 Å². The summed E-state index contributed by atoms with van der Waals surface area (Å²) < 4.78 is 43.2. The molecule has 3 aromatic rings. The van der Waals surface area contributed by atoms with Crippen molar-refractivity contribution in [3.05, 3.63) is 75.1 Å². The molecule has 29 heavy (non-hydrogen) atoms. The van der Waals surface area contributed by atoms with Gasteiger partial charge < -0.3 is 5.32 Å². The quantitative estimate of drug-likeness (QED) is 0.579. The van der Waals surface area contributed by atoms with Crippen LogP contribution in [0.4, 0.5) is 4.39 Å². The van der Waals surface area contributed by atoms with E-state index in [1.165, 1.54) is 24.3 Å². The fraction of sp³-hybridized carbons (Fsp3) is 0.238. The molecule has 0 saturated carbocycles. The Hall–Kier alpha value is -1.86. The highest BCUT2D eigenvalue weighted by atomic mass is 35.5. The predicted octanol–water partition coefficient (Wildman–Crippen LogP) is 5.35. The average Bonchev–Trinajstić information content (AvgIpc) is 3.23. The van der Waals surface area contributed by atoms with Crippen LogP contribution in [-0.4, -0.2) is 19.4 Å². The van der Waals surface area contributed by atoms with E-state index >= 15 is 0 Å². The van der Waals surface area contributed by atoms with Crippen molar-refractivity contribution < 1.29 is 12.8 Å². The molecule has 1 atom stereocenters. The summed E-state index contributed by atoms with van der Waals surface area (Å²) in [6.45, 7) is 1.79. The smallest absolute Gasteiger partial charge is 0.269 e. The Bertz CT molecular complexity index is 1220. The molecule has 0 radical (unpaired) electrons. The number of benzene rings is 2. The molecule has 0 spiro atoms. The third kappa shape index (κ3) is 3.38. The number of fused-ring (bicyclic) bond motifs is 1. The number of rotatable bonds is 4. The Kier molecular flexibility index (Phi) is 5.23. The lowest BCUT2D eigenvalue weighted by Crippen LogP contribution is -2.16. The van der Waals surface area contributed by atoms with Gasteiger partial charge in [-0.05, 0) is 73.8 Å². The fourth-order valence-corrected chi connectivity index (χ4v) is 6.06. The summed E-state index contributed by atoms with van der Waals surface area (Å²) >= 11 is 12.2. The zero-order valence-electron chi connectivity index (χ0n) is 15.8. The normalized spacial score (nSPS) is 16.2. The molecule has 1 aliphatic rings. The van der Waals surface area contributed by atoms with Crippen molar-refractivity contribution in [2.24, 2.45) is 0 Å². The van der Waals surface area contributed by atoms with Gasteiger partial charge >= 0.3 is 0 Å². The molecule has 152 valence electrons. The van der Waals surface area contributed by atoms with Crippen molar-refractivity contribution >= 4 is 33.2 Å². The molecule has 1 N–H and O–H groups in total. The standard InChI is InChI=1S/C21H19Cl2FN2O2S/c1-12-3-5-15(18(24)9-12)21-14-6-8-19(25-2)16(14)11-26(21)29(27,28)20-10-13(22)4-7-17(20)23/h3-5,7,9-11,19,25H,6,8H2,1-2H3. The molecular formula is C21H19Cl2FN2O2S. The highest BCUT2D eigenvalue weighted by molar-refractivity contribution is 7.90. The lowest BCUT2D eigenvalue weighted by Gasteiger charge is -2.15. The van der Waals surface area contributed by atoms with Gasteiger partial charge in [-0.2, -0.15) is 0 Å². The molecule has 1 aliphatic carbocycles. The minimum absolute atomic E-state index is 0.00328. The first-order valence-corrected chi connectivity index (χ1v) is 11.3. The van der Waals surface area contributed by atoms with Gasteiger partial charge in [0.25, 0.3) is 10.0 Å².